The number of benzene rings is 1. The number of piperazine rings is 1. The van der Waals surface area contributed by atoms with Crippen LogP contribution < -0.4 is 10.5 Å². The molecule has 0 unspecified atom stereocenters. The van der Waals surface area contributed by atoms with Gasteiger partial charge >= 0.3 is 6.18 Å². The first-order valence-electron chi connectivity index (χ1n) is 11.3. The van der Waals surface area contributed by atoms with Crippen molar-refractivity contribution in [1.82, 2.24) is 20.0 Å². The number of halogens is 3. The van der Waals surface area contributed by atoms with Gasteiger partial charge < -0.3 is 19.4 Å². The first-order valence-corrected chi connectivity index (χ1v) is 11.3. The molecule has 0 radical (unpaired) electrons. The van der Waals surface area contributed by atoms with E-state index in [2.05, 4.69) is 5.10 Å². The molecule has 2 aromatic rings. The van der Waals surface area contributed by atoms with E-state index in [4.69, 9.17) is 4.74 Å². The topological polar surface area (TPSA) is 98.8 Å². The molecule has 1 atom stereocenters. The number of alkyl halides is 3. The van der Waals surface area contributed by atoms with Crippen LogP contribution in [0.25, 0.3) is 0 Å². The van der Waals surface area contributed by atoms with Gasteiger partial charge in [-0.2, -0.15) is 18.3 Å². The zero-order valence-corrected chi connectivity index (χ0v) is 19.2. The molecule has 2 amide bonds. The van der Waals surface area contributed by atoms with Crippen molar-refractivity contribution in [2.45, 2.75) is 32.1 Å². The van der Waals surface area contributed by atoms with Gasteiger partial charge in [0.15, 0.2) is 0 Å². The molecule has 0 saturated carbocycles. The highest BCUT2D eigenvalue weighted by atomic mass is 19.4. The molecular weight excluding hydrogens is 467 g/mol. The molecule has 9 nitrogen and oxygen atoms in total. The maximum absolute atomic E-state index is 13.7. The number of hydrogen-bond acceptors (Lipinski definition) is 6. The van der Waals surface area contributed by atoms with Gasteiger partial charge in [0, 0.05) is 39.6 Å². The van der Waals surface area contributed by atoms with Crippen LogP contribution in [-0.4, -0.2) is 71.2 Å². The predicted molar refractivity (Wildman–Crippen MR) is 119 cm³/mol. The first-order chi connectivity index (χ1) is 16.7. The van der Waals surface area contributed by atoms with E-state index in [1.807, 2.05) is 17.2 Å². The summed E-state index contributed by atoms with van der Waals surface area (Å²) in [5.41, 5.74) is -1.29. The molecule has 35 heavy (non-hydrogen) atoms. The van der Waals surface area contributed by atoms with E-state index in [9.17, 15) is 27.6 Å². The number of H-pyrrole nitrogens is 1. The second kappa shape index (κ2) is 10.1. The van der Waals surface area contributed by atoms with Crippen LogP contribution in [0.2, 0.25) is 0 Å². The lowest BCUT2D eigenvalue weighted by Gasteiger charge is -2.34. The average Bonchev–Trinajstić information content (AvgIpc) is 3.19. The molecule has 3 heterocycles. The Labute approximate surface area is 199 Å². The summed E-state index contributed by atoms with van der Waals surface area (Å²) in [6.07, 6.45) is -3.73. The van der Waals surface area contributed by atoms with Crippen molar-refractivity contribution in [2.75, 3.05) is 44.3 Å². The smallest absolute Gasteiger partial charge is 0.378 e. The Balaban J connectivity index is 1.43. The largest absolute Gasteiger partial charge is 0.423 e. The van der Waals surface area contributed by atoms with E-state index in [1.165, 1.54) is 11.8 Å². The van der Waals surface area contributed by atoms with Gasteiger partial charge in [0.05, 0.1) is 37.6 Å². The number of aromatic nitrogens is 2. The van der Waals surface area contributed by atoms with E-state index < -0.39 is 23.3 Å². The second-order valence-corrected chi connectivity index (χ2v) is 8.51. The van der Waals surface area contributed by atoms with Gasteiger partial charge in [0.2, 0.25) is 11.8 Å². The summed E-state index contributed by atoms with van der Waals surface area (Å²) < 4.78 is 46.8. The van der Waals surface area contributed by atoms with Crippen molar-refractivity contribution in [2.24, 2.45) is 0 Å². The highest BCUT2D eigenvalue weighted by molar-refractivity contribution is 5.77. The van der Waals surface area contributed by atoms with E-state index in [-0.39, 0.29) is 43.7 Å². The maximum atomic E-state index is 13.7. The third-order valence-corrected chi connectivity index (χ3v) is 6.37. The van der Waals surface area contributed by atoms with Crippen LogP contribution in [0.3, 0.4) is 0 Å². The molecule has 1 saturated heterocycles. The lowest BCUT2D eigenvalue weighted by molar-refractivity contribution is -0.139. The van der Waals surface area contributed by atoms with Crippen LogP contribution in [0.5, 0.6) is 0 Å². The minimum Gasteiger partial charge on any atom is -0.378 e. The fourth-order valence-electron chi connectivity index (χ4n) is 4.56. The highest BCUT2D eigenvalue weighted by Crippen LogP contribution is 2.42. The molecular formula is C23H26F3N5O4. The number of nitrogens with zero attached hydrogens (tertiary/aromatic N) is 4. The van der Waals surface area contributed by atoms with Crippen molar-refractivity contribution in [1.29, 1.82) is 0 Å². The fourth-order valence-corrected chi connectivity index (χ4v) is 4.56. The minimum absolute atomic E-state index is 0.0221. The van der Waals surface area contributed by atoms with Crippen molar-refractivity contribution in [3.63, 3.8) is 0 Å². The number of carbonyl (C=O) groups excluding carboxylic acids is 2. The number of nitrogens with one attached hydrogen (secondary N) is 1. The summed E-state index contributed by atoms with van der Waals surface area (Å²) in [5.74, 6) is -0.124. The number of anilines is 1. The Morgan fingerprint density at radius 1 is 1.14 bits per heavy atom. The Kier molecular flexibility index (Phi) is 7.10. The third-order valence-electron chi connectivity index (χ3n) is 6.37. The normalized spacial score (nSPS) is 18.1. The molecule has 2 aliphatic rings. The molecule has 1 fully saturated rings. The quantitative estimate of drug-likeness (QED) is 0.618. The van der Waals surface area contributed by atoms with Gasteiger partial charge in [-0.1, -0.05) is 24.3 Å². The molecule has 12 heteroatoms. The second-order valence-electron chi connectivity index (χ2n) is 8.51. The van der Waals surface area contributed by atoms with E-state index in [0.717, 1.165) is 17.3 Å². The van der Waals surface area contributed by atoms with Crippen LogP contribution in [-0.2, 0) is 27.0 Å². The van der Waals surface area contributed by atoms with Crippen LogP contribution in [0.1, 0.15) is 36.1 Å². The van der Waals surface area contributed by atoms with Crippen LogP contribution in [0.15, 0.2) is 35.3 Å². The third kappa shape index (κ3) is 5.31. The van der Waals surface area contributed by atoms with Gasteiger partial charge in [0.1, 0.15) is 5.56 Å². The van der Waals surface area contributed by atoms with Gasteiger partial charge in [-0.3, -0.25) is 14.4 Å². The van der Waals surface area contributed by atoms with E-state index in [1.54, 1.807) is 21.9 Å². The molecule has 4 rings (SSSR count). The molecule has 1 aromatic carbocycles. The van der Waals surface area contributed by atoms with E-state index in [0.29, 0.717) is 26.2 Å². The standard InChI is InChI=1S/C23H26F3N5O4/c1-15(32)29-7-9-30(10-8-29)20(33)6-11-35-14-19-17-5-3-2-4-16(17)13-31(19)18-12-27-28-22(34)21(18)23(24,25)26/h2-5,12,19H,6-11,13-14H2,1H3,(H,28,34)/t19-/m0/s1. The lowest BCUT2D eigenvalue weighted by atomic mass is 10.1. The van der Waals surface area contributed by atoms with Crippen molar-refractivity contribution in [3.8, 4) is 0 Å². The lowest BCUT2D eigenvalue weighted by Crippen LogP contribution is -2.50. The number of aromatic amines is 1. The summed E-state index contributed by atoms with van der Waals surface area (Å²) in [7, 11) is 0. The number of amides is 2. The molecule has 2 aliphatic heterocycles. The van der Waals surface area contributed by atoms with Crippen molar-refractivity contribution < 1.29 is 27.5 Å². The average molecular weight is 493 g/mol. The molecule has 1 aromatic heterocycles. The SMILES string of the molecule is CC(=O)N1CCN(C(=O)CCOC[C@H]2c3ccccc3CN2c2cn[nH]c(=O)c2C(F)(F)F)CC1. The van der Waals surface area contributed by atoms with Gasteiger partial charge in [0.25, 0.3) is 5.56 Å². The molecule has 188 valence electrons. The van der Waals surface area contributed by atoms with Crippen LogP contribution in [0.4, 0.5) is 18.9 Å². The van der Waals surface area contributed by atoms with Crippen molar-refractivity contribution in [3.05, 3.63) is 57.5 Å². The Bertz CT molecular complexity index is 1140. The maximum Gasteiger partial charge on any atom is 0.423 e. The summed E-state index contributed by atoms with van der Waals surface area (Å²) in [6, 6.07) is 6.65. The number of rotatable bonds is 6. The summed E-state index contributed by atoms with van der Waals surface area (Å²) in [4.78, 5) is 40.8. The van der Waals surface area contributed by atoms with Gasteiger partial charge in [-0.15, -0.1) is 0 Å². The van der Waals surface area contributed by atoms with Crippen LogP contribution >= 0.6 is 0 Å². The summed E-state index contributed by atoms with van der Waals surface area (Å²) in [5, 5.41) is 5.46. The Morgan fingerprint density at radius 2 is 1.83 bits per heavy atom. The van der Waals surface area contributed by atoms with Crippen molar-refractivity contribution >= 4 is 17.5 Å². The molecule has 0 spiro atoms. The number of fused-ring (bicyclic) bond motifs is 1. The highest BCUT2D eigenvalue weighted by Gasteiger charge is 2.41. The summed E-state index contributed by atoms with van der Waals surface area (Å²) >= 11 is 0. The fraction of sp³-hybridized carbons (Fsp3) is 0.478. The van der Waals surface area contributed by atoms with E-state index >= 15 is 0 Å². The monoisotopic (exact) mass is 493 g/mol. The number of ether oxygens (including phenoxy) is 1. The van der Waals surface area contributed by atoms with Gasteiger partial charge in [-0.25, -0.2) is 5.10 Å². The zero-order chi connectivity index (χ0) is 25.2. The van der Waals surface area contributed by atoms with Crippen LogP contribution in [0, 0.1) is 0 Å². The van der Waals surface area contributed by atoms with Gasteiger partial charge in [-0.05, 0) is 11.1 Å². The summed E-state index contributed by atoms with van der Waals surface area (Å²) in [6.45, 7) is 3.68. The molecule has 0 aliphatic carbocycles. The molecule has 1 N–H and O–H groups in total. The minimum atomic E-state index is -4.86. The Morgan fingerprint density at radius 3 is 2.51 bits per heavy atom. The first kappa shape index (κ1) is 24.7. The number of carbonyl (C=O) groups is 2. The number of hydrogen-bond donors (Lipinski definition) is 1. The molecule has 0 bridgehead atoms. The zero-order valence-electron chi connectivity index (χ0n) is 19.2. The Hall–Kier alpha value is -3.41. The predicted octanol–water partition coefficient (Wildman–Crippen LogP) is 1.95.